The van der Waals surface area contributed by atoms with Crippen molar-refractivity contribution in [2.75, 3.05) is 26.2 Å². The number of carbonyl (C=O) groups is 1. The van der Waals surface area contributed by atoms with Crippen molar-refractivity contribution in [3.63, 3.8) is 0 Å². The van der Waals surface area contributed by atoms with E-state index < -0.39 is 0 Å². The summed E-state index contributed by atoms with van der Waals surface area (Å²) in [4.78, 5) is 21.4. The molecule has 7 heteroatoms. The number of thiocarbonyl (C=S) groups is 1. The van der Waals surface area contributed by atoms with Gasteiger partial charge in [0.05, 0.1) is 22.2 Å². The van der Waals surface area contributed by atoms with Crippen molar-refractivity contribution in [3.8, 4) is 0 Å². The van der Waals surface area contributed by atoms with Crippen LogP contribution >= 0.6 is 23.6 Å². The first-order valence-corrected chi connectivity index (χ1v) is 7.44. The van der Waals surface area contributed by atoms with Crippen molar-refractivity contribution >= 4 is 34.5 Å². The van der Waals surface area contributed by atoms with Crippen LogP contribution < -0.4 is 5.73 Å². The van der Waals surface area contributed by atoms with Crippen molar-refractivity contribution in [2.45, 2.75) is 19.4 Å². The standard InChI is InChI=1S/C12H18N4OS2/c1-12(2,11(13)18)16-5-3-15(4-6-16)10(17)9-7-14-8-19-9/h7-8H,3-6H2,1-2H3,(H2,13,18). The lowest BCUT2D eigenvalue weighted by atomic mass is 10.0. The lowest BCUT2D eigenvalue weighted by molar-refractivity contribution is 0.0543. The van der Waals surface area contributed by atoms with Crippen molar-refractivity contribution in [3.05, 3.63) is 16.6 Å². The van der Waals surface area contributed by atoms with Crippen LogP contribution in [0.25, 0.3) is 0 Å². The zero-order valence-corrected chi connectivity index (χ0v) is 12.8. The number of aromatic nitrogens is 1. The molecule has 0 aliphatic carbocycles. The van der Waals surface area contributed by atoms with Gasteiger partial charge in [0, 0.05) is 26.2 Å². The predicted molar refractivity (Wildman–Crippen MR) is 80.5 cm³/mol. The van der Waals surface area contributed by atoms with E-state index in [1.807, 2.05) is 18.7 Å². The highest BCUT2D eigenvalue weighted by Gasteiger charge is 2.33. The Kier molecular flexibility index (Phi) is 4.17. The normalized spacial score (nSPS) is 17.5. The van der Waals surface area contributed by atoms with Crippen LogP contribution in [0.2, 0.25) is 0 Å². The van der Waals surface area contributed by atoms with Gasteiger partial charge in [-0.25, -0.2) is 0 Å². The van der Waals surface area contributed by atoms with Crippen LogP contribution in [0.15, 0.2) is 11.7 Å². The summed E-state index contributed by atoms with van der Waals surface area (Å²) in [7, 11) is 0. The van der Waals surface area contributed by atoms with Crippen molar-refractivity contribution in [1.82, 2.24) is 14.8 Å². The Bertz CT molecular complexity index is 464. The fourth-order valence-electron chi connectivity index (χ4n) is 2.10. The minimum atomic E-state index is -0.297. The molecule has 1 saturated heterocycles. The predicted octanol–water partition coefficient (Wildman–Crippen LogP) is 0.966. The molecule has 1 aromatic heterocycles. The molecule has 104 valence electrons. The van der Waals surface area contributed by atoms with Crippen LogP contribution in [0, 0.1) is 0 Å². The van der Waals surface area contributed by atoms with E-state index in [0.29, 0.717) is 23.0 Å². The molecule has 0 unspecified atom stereocenters. The maximum atomic E-state index is 12.2. The van der Waals surface area contributed by atoms with E-state index in [2.05, 4.69) is 9.88 Å². The van der Waals surface area contributed by atoms with E-state index in [-0.39, 0.29) is 11.4 Å². The first kappa shape index (κ1) is 14.4. The summed E-state index contributed by atoms with van der Waals surface area (Å²) in [5, 5.41) is 0. The van der Waals surface area contributed by atoms with Gasteiger partial charge in [0.2, 0.25) is 0 Å². The molecule has 1 aliphatic rings. The number of hydrogen-bond acceptors (Lipinski definition) is 5. The third kappa shape index (κ3) is 2.93. The van der Waals surface area contributed by atoms with Gasteiger partial charge in [-0.1, -0.05) is 12.2 Å². The maximum absolute atomic E-state index is 12.2. The minimum Gasteiger partial charge on any atom is -0.392 e. The van der Waals surface area contributed by atoms with Gasteiger partial charge in [0.25, 0.3) is 5.91 Å². The molecule has 2 heterocycles. The third-order valence-corrected chi connectivity index (χ3v) is 4.86. The second kappa shape index (κ2) is 5.52. The quantitative estimate of drug-likeness (QED) is 0.842. The van der Waals surface area contributed by atoms with Gasteiger partial charge >= 0.3 is 0 Å². The molecule has 0 saturated carbocycles. The van der Waals surface area contributed by atoms with Gasteiger partial charge in [-0.05, 0) is 13.8 Å². The Hall–Kier alpha value is -1.05. The molecule has 0 aromatic carbocycles. The Morgan fingerprint density at radius 2 is 2.05 bits per heavy atom. The van der Waals surface area contributed by atoms with Gasteiger partial charge in [0.1, 0.15) is 4.88 Å². The van der Waals surface area contributed by atoms with E-state index in [1.54, 1.807) is 11.7 Å². The fraction of sp³-hybridized carbons (Fsp3) is 0.583. The molecule has 1 amide bonds. The summed E-state index contributed by atoms with van der Waals surface area (Å²) in [6, 6.07) is 0. The number of hydrogen-bond donors (Lipinski definition) is 1. The van der Waals surface area contributed by atoms with Crippen molar-refractivity contribution in [1.29, 1.82) is 0 Å². The van der Waals surface area contributed by atoms with Gasteiger partial charge in [-0.3, -0.25) is 14.7 Å². The lowest BCUT2D eigenvalue weighted by Gasteiger charge is -2.43. The Morgan fingerprint density at radius 3 is 2.53 bits per heavy atom. The fourth-order valence-corrected chi connectivity index (χ4v) is 2.82. The van der Waals surface area contributed by atoms with Crippen LogP contribution in [0.3, 0.4) is 0 Å². The SMILES string of the molecule is CC(C)(C(N)=S)N1CCN(C(=O)c2cncs2)CC1. The molecule has 2 N–H and O–H groups in total. The summed E-state index contributed by atoms with van der Waals surface area (Å²) < 4.78 is 0. The van der Waals surface area contributed by atoms with E-state index in [4.69, 9.17) is 18.0 Å². The Balaban J connectivity index is 1.96. The maximum Gasteiger partial charge on any atom is 0.265 e. The number of nitrogens with zero attached hydrogens (tertiary/aromatic N) is 3. The molecule has 1 aromatic rings. The van der Waals surface area contributed by atoms with Gasteiger partial charge < -0.3 is 10.6 Å². The average molecular weight is 298 g/mol. The topological polar surface area (TPSA) is 62.5 Å². The summed E-state index contributed by atoms with van der Waals surface area (Å²) in [6.45, 7) is 7.02. The second-order valence-electron chi connectivity index (χ2n) is 5.07. The highest BCUT2D eigenvalue weighted by molar-refractivity contribution is 7.80. The molecule has 0 bridgehead atoms. The molecule has 1 fully saturated rings. The van der Waals surface area contributed by atoms with Crippen molar-refractivity contribution in [2.24, 2.45) is 5.73 Å². The zero-order valence-electron chi connectivity index (χ0n) is 11.1. The molecule has 0 atom stereocenters. The van der Waals surface area contributed by atoms with Crippen LogP contribution in [-0.4, -0.2) is 57.4 Å². The largest absolute Gasteiger partial charge is 0.392 e. The monoisotopic (exact) mass is 298 g/mol. The molecule has 1 aliphatic heterocycles. The average Bonchev–Trinajstić information content (AvgIpc) is 2.91. The molecule has 5 nitrogen and oxygen atoms in total. The van der Waals surface area contributed by atoms with Gasteiger partial charge in [0.15, 0.2) is 0 Å². The number of rotatable bonds is 3. The van der Waals surface area contributed by atoms with Crippen LogP contribution in [0.4, 0.5) is 0 Å². The summed E-state index contributed by atoms with van der Waals surface area (Å²) in [6.07, 6.45) is 1.62. The third-order valence-electron chi connectivity index (χ3n) is 3.60. The lowest BCUT2D eigenvalue weighted by Crippen LogP contribution is -2.59. The molecule has 0 spiro atoms. The molecular weight excluding hydrogens is 280 g/mol. The number of thiazole rings is 1. The summed E-state index contributed by atoms with van der Waals surface area (Å²) >= 11 is 6.49. The molecule has 2 rings (SSSR count). The molecule has 0 radical (unpaired) electrons. The highest BCUT2D eigenvalue weighted by atomic mass is 32.1. The number of nitrogens with two attached hydrogens (primary N) is 1. The number of piperazine rings is 1. The van der Waals surface area contributed by atoms with Gasteiger partial charge in [-0.15, -0.1) is 11.3 Å². The first-order chi connectivity index (χ1) is 8.93. The van der Waals surface area contributed by atoms with E-state index >= 15 is 0 Å². The highest BCUT2D eigenvalue weighted by Crippen LogP contribution is 2.19. The van der Waals surface area contributed by atoms with Crippen LogP contribution in [0.1, 0.15) is 23.5 Å². The van der Waals surface area contributed by atoms with Gasteiger partial charge in [-0.2, -0.15) is 0 Å². The first-order valence-electron chi connectivity index (χ1n) is 6.15. The van der Waals surface area contributed by atoms with E-state index in [0.717, 1.165) is 13.1 Å². The zero-order chi connectivity index (χ0) is 14.0. The van der Waals surface area contributed by atoms with Crippen LogP contribution in [0.5, 0.6) is 0 Å². The summed E-state index contributed by atoms with van der Waals surface area (Å²) in [5.74, 6) is 0.0651. The number of amides is 1. The van der Waals surface area contributed by atoms with E-state index in [1.165, 1.54) is 11.3 Å². The summed E-state index contributed by atoms with van der Waals surface area (Å²) in [5.41, 5.74) is 7.16. The Morgan fingerprint density at radius 1 is 1.42 bits per heavy atom. The van der Waals surface area contributed by atoms with Crippen molar-refractivity contribution < 1.29 is 4.79 Å². The second-order valence-corrected chi connectivity index (χ2v) is 6.39. The van der Waals surface area contributed by atoms with E-state index in [9.17, 15) is 4.79 Å². The van der Waals surface area contributed by atoms with Crippen LogP contribution in [-0.2, 0) is 0 Å². The Labute approximate surface area is 122 Å². The minimum absolute atomic E-state index is 0.0651. The molecular formula is C12H18N4OS2. The number of carbonyl (C=O) groups excluding carboxylic acids is 1. The smallest absolute Gasteiger partial charge is 0.265 e. The molecule has 19 heavy (non-hydrogen) atoms.